The first-order valence-electron chi connectivity index (χ1n) is 8.91. The number of ether oxygens (including phenoxy) is 3. The molecule has 1 saturated carbocycles. The van der Waals surface area contributed by atoms with Crippen molar-refractivity contribution in [1.29, 1.82) is 0 Å². The summed E-state index contributed by atoms with van der Waals surface area (Å²) in [5.74, 6) is 0. The highest BCUT2D eigenvalue weighted by atomic mass is 16.7. The molecular weight excluding hydrogens is 290 g/mol. The Morgan fingerprint density at radius 3 is 2.65 bits per heavy atom. The molecule has 1 aromatic carbocycles. The molecule has 0 radical (unpaired) electrons. The zero-order valence-corrected chi connectivity index (χ0v) is 14.1. The Morgan fingerprint density at radius 2 is 1.91 bits per heavy atom. The molecule has 2 aliphatic rings. The largest absolute Gasteiger partial charge is 0.374 e. The van der Waals surface area contributed by atoms with Gasteiger partial charge in [-0.3, -0.25) is 0 Å². The van der Waals surface area contributed by atoms with Crippen molar-refractivity contribution in [2.45, 2.75) is 69.6 Å². The molecule has 1 heterocycles. The maximum absolute atomic E-state index is 5.99. The quantitative estimate of drug-likeness (QED) is 0.837. The van der Waals surface area contributed by atoms with Gasteiger partial charge in [-0.2, -0.15) is 0 Å². The summed E-state index contributed by atoms with van der Waals surface area (Å²) in [7, 11) is 1.73. The lowest BCUT2D eigenvalue weighted by atomic mass is 9.94. The first-order valence-corrected chi connectivity index (χ1v) is 8.91. The molecule has 23 heavy (non-hydrogen) atoms. The molecule has 128 valence electrons. The van der Waals surface area contributed by atoms with Gasteiger partial charge in [0.2, 0.25) is 0 Å². The zero-order chi connectivity index (χ0) is 15.9. The van der Waals surface area contributed by atoms with E-state index in [1.807, 2.05) is 18.2 Å². The van der Waals surface area contributed by atoms with Crippen LogP contribution in [0.2, 0.25) is 0 Å². The van der Waals surface area contributed by atoms with Gasteiger partial charge in [0.15, 0.2) is 6.29 Å². The van der Waals surface area contributed by atoms with Gasteiger partial charge < -0.3 is 19.5 Å². The van der Waals surface area contributed by atoms with Gasteiger partial charge in [-0.1, -0.05) is 49.6 Å². The molecule has 1 aliphatic carbocycles. The van der Waals surface area contributed by atoms with Crippen LogP contribution in [0.1, 0.15) is 44.1 Å². The molecule has 0 spiro atoms. The van der Waals surface area contributed by atoms with E-state index in [-0.39, 0.29) is 18.4 Å². The highest BCUT2D eigenvalue weighted by molar-refractivity contribution is 5.13. The van der Waals surface area contributed by atoms with Gasteiger partial charge in [-0.15, -0.1) is 0 Å². The maximum atomic E-state index is 5.99. The van der Waals surface area contributed by atoms with E-state index in [4.69, 9.17) is 14.2 Å². The zero-order valence-electron chi connectivity index (χ0n) is 14.1. The van der Waals surface area contributed by atoms with E-state index in [1.165, 1.54) is 37.7 Å². The Kier molecular flexibility index (Phi) is 6.46. The van der Waals surface area contributed by atoms with Gasteiger partial charge in [0.1, 0.15) is 0 Å². The molecule has 1 aliphatic heterocycles. The van der Waals surface area contributed by atoms with E-state index < -0.39 is 0 Å². The van der Waals surface area contributed by atoms with Crippen molar-refractivity contribution in [2.24, 2.45) is 0 Å². The molecule has 4 nitrogen and oxygen atoms in total. The van der Waals surface area contributed by atoms with Gasteiger partial charge in [-0.25, -0.2) is 0 Å². The topological polar surface area (TPSA) is 39.7 Å². The predicted octanol–water partition coefficient (Wildman–Crippen LogP) is 3.26. The summed E-state index contributed by atoms with van der Waals surface area (Å²) < 4.78 is 17.3. The lowest BCUT2D eigenvalue weighted by Gasteiger charge is -2.28. The van der Waals surface area contributed by atoms with Crippen LogP contribution in [0.15, 0.2) is 30.3 Å². The lowest BCUT2D eigenvalue weighted by molar-refractivity contribution is -0.137. The first-order chi connectivity index (χ1) is 11.3. The van der Waals surface area contributed by atoms with Crippen LogP contribution in [0.3, 0.4) is 0 Å². The molecule has 0 unspecified atom stereocenters. The first kappa shape index (κ1) is 16.9. The standard InChI is InChI=1S/C19H29NO3/c1-21-19-18(20-16-10-6-3-7-11-16)12-17(23-19)14-22-13-15-8-4-2-5-9-15/h2,4-5,8-9,16-20H,3,6-7,10-14H2,1H3/t17-,18-,19+/m0/s1. The summed E-state index contributed by atoms with van der Waals surface area (Å²) in [6.07, 6.45) is 7.54. The predicted molar refractivity (Wildman–Crippen MR) is 90.2 cm³/mol. The fraction of sp³-hybridized carbons (Fsp3) is 0.684. The Bertz CT molecular complexity index is 447. The third-order valence-corrected chi connectivity index (χ3v) is 4.87. The monoisotopic (exact) mass is 319 g/mol. The molecule has 0 bridgehead atoms. The van der Waals surface area contributed by atoms with Crippen molar-refractivity contribution < 1.29 is 14.2 Å². The van der Waals surface area contributed by atoms with Crippen molar-refractivity contribution in [3.8, 4) is 0 Å². The summed E-state index contributed by atoms with van der Waals surface area (Å²) in [4.78, 5) is 0. The minimum Gasteiger partial charge on any atom is -0.374 e. The molecule has 1 aromatic rings. The van der Waals surface area contributed by atoms with Crippen LogP contribution in [0.4, 0.5) is 0 Å². The number of nitrogens with one attached hydrogen (secondary N) is 1. The second-order valence-corrected chi connectivity index (χ2v) is 6.71. The van der Waals surface area contributed by atoms with E-state index in [0.29, 0.717) is 19.3 Å². The Hall–Kier alpha value is -0.940. The van der Waals surface area contributed by atoms with Gasteiger partial charge in [-0.05, 0) is 24.8 Å². The van der Waals surface area contributed by atoms with E-state index in [2.05, 4.69) is 17.4 Å². The molecule has 0 aromatic heterocycles. The number of benzene rings is 1. The highest BCUT2D eigenvalue weighted by Crippen LogP contribution is 2.25. The van der Waals surface area contributed by atoms with Crippen LogP contribution in [-0.4, -0.2) is 38.2 Å². The van der Waals surface area contributed by atoms with E-state index in [1.54, 1.807) is 7.11 Å². The molecule has 2 fully saturated rings. The van der Waals surface area contributed by atoms with Gasteiger partial charge in [0.25, 0.3) is 0 Å². The average Bonchev–Trinajstić information content (AvgIpc) is 2.98. The van der Waals surface area contributed by atoms with Crippen molar-refractivity contribution in [2.75, 3.05) is 13.7 Å². The van der Waals surface area contributed by atoms with Crippen molar-refractivity contribution in [3.63, 3.8) is 0 Å². The van der Waals surface area contributed by atoms with Crippen molar-refractivity contribution in [1.82, 2.24) is 5.32 Å². The maximum Gasteiger partial charge on any atom is 0.172 e. The summed E-state index contributed by atoms with van der Waals surface area (Å²) in [5.41, 5.74) is 1.20. The average molecular weight is 319 g/mol. The molecule has 3 atom stereocenters. The summed E-state index contributed by atoms with van der Waals surface area (Å²) in [6.45, 7) is 1.26. The Labute approximate surface area is 139 Å². The molecule has 4 heteroatoms. The fourth-order valence-electron chi connectivity index (χ4n) is 3.66. The summed E-state index contributed by atoms with van der Waals surface area (Å²) >= 11 is 0. The highest BCUT2D eigenvalue weighted by Gasteiger charge is 2.36. The van der Waals surface area contributed by atoms with Crippen molar-refractivity contribution >= 4 is 0 Å². The second-order valence-electron chi connectivity index (χ2n) is 6.71. The molecule has 0 amide bonds. The number of rotatable bonds is 7. The number of methoxy groups -OCH3 is 1. The molecular formula is C19H29NO3. The van der Waals surface area contributed by atoms with E-state index in [0.717, 1.165) is 6.42 Å². The normalized spacial score (nSPS) is 29.0. The Balaban J connectivity index is 1.42. The minimum absolute atomic E-state index is 0.116. The van der Waals surface area contributed by atoms with Crippen molar-refractivity contribution in [3.05, 3.63) is 35.9 Å². The molecule has 3 rings (SSSR count). The summed E-state index contributed by atoms with van der Waals surface area (Å²) in [5, 5.41) is 3.75. The third-order valence-electron chi connectivity index (χ3n) is 4.87. The van der Waals surface area contributed by atoms with Gasteiger partial charge >= 0.3 is 0 Å². The fourth-order valence-corrected chi connectivity index (χ4v) is 3.66. The van der Waals surface area contributed by atoms with Gasteiger partial charge in [0, 0.05) is 13.2 Å². The van der Waals surface area contributed by atoms with Crippen LogP contribution < -0.4 is 5.32 Å². The smallest absolute Gasteiger partial charge is 0.172 e. The van der Waals surface area contributed by atoms with E-state index in [9.17, 15) is 0 Å². The lowest BCUT2D eigenvalue weighted by Crippen LogP contribution is -2.44. The molecule has 1 saturated heterocycles. The van der Waals surface area contributed by atoms with Crippen LogP contribution >= 0.6 is 0 Å². The van der Waals surface area contributed by atoms with Crippen LogP contribution in [-0.2, 0) is 20.8 Å². The Morgan fingerprint density at radius 1 is 1.13 bits per heavy atom. The van der Waals surface area contributed by atoms with Crippen LogP contribution in [0.5, 0.6) is 0 Å². The number of hydrogen-bond acceptors (Lipinski definition) is 4. The summed E-state index contributed by atoms with van der Waals surface area (Å²) in [6, 6.07) is 11.2. The number of hydrogen-bond donors (Lipinski definition) is 1. The molecule has 1 N–H and O–H groups in total. The minimum atomic E-state index is -0.151. The van der Waals surface area contributed by atoms with Crippen LogP contribution in [0.25, 0.3) is 0 Å². The van der Waals surface area contributed by atoms with E-state index >= 15 is 0 Å². The van der Waals surface area contributed by atoms with Crippen LogP contribution in [0, 0.1) is 0 Å². The van der Waals surface area contributed by atoms with Gasteiger partial charge in [0.05, 0.1) is 25.4 Å². The third kappa shape index (κ3) is 5.01. The second kappa shape index (κ2) is 8.78. The SMILES string of the molecule is CO[C@@H]1O[C@H](COCc2ccccc2)C[C@@H]1NC1CCCCC1.